The van der Waals surface area contributed by atoms with Gasteiger partial charge in [0, 0.05) is 11.3 Å². The van der Waals surface area contributed by atoms with Gasteiger partial charge in [-0.2, -0.15) is 20.1 Å². The molecule has 2 aromatic heterocycles. The van der Waals surface area contributed by atoms with E-state index in [2.05, 4.69) is 36.1 Å². The number of ether oxygens (including phenoxy) is 1. The summed E-state index contributed by atoms with van der Waals surface area (Å²) < 4.78 is 10.5. The minimum absolute atomic E-state index is 0.129. The number of phenols is 1. The summed E-state index contributed by atoms with van der Waals surface area (Å²) in [6.07, 6.45) is 3.10. The number of nitrogens with one attached hydrogen (secondary N) is 3. The molecular weight excluding hydrogens is 422 g/mol. The zero-order chi connectivity index (χ0) is 23.0. The van der Waals surface area contributed by atoms with Gasteiger partial charge in [-0.25, -0.2) is 5.43 Å². The van der Waals surface area contributed by atoms with Gasteiger partial charge in [-0.05, 0) is 55.5 Å². The van der Waals surface area contributed by atoms with Crippen molar-refractivity contribution in [1.29, 1.82) is 0 Å². The van der Waals surface area contributed by atoms with Crippen LogP contribution in [0.1, 0.15) is 16.9 Å². The van der Waals surface area contributed by atoms with Crippen LogP contribution in [-0.2, 0) is 6.54 Å². The van der Waals surface area contributed by atoms with Crippen molar-refractivity contribution in [3.05, 3.63) is 77.7 Å². The molecule has 0 atom stereocenters. The van der Waals surface area contributed by atoms with Gasteiger partial charge in [0.15, 0.2) is 0 Å². The zero-order valence-electron chi connectivity index (χ0n) is 18.1. The highest BCUT2D eigenvalue weighted by Gasteiger charge is 2.08. The molecule has 0 fully saturated rings. The topological polar surface area (TPSA) is 130 Å². The van der Waals surface area contributed by atoms with Gasteiger partial charge in [0.1, 0.15) is 17.3 Å². The first-order chi connectivity index (χ1) is 16.1. The molecule has 33 heavy (non-hydrogen) atoms. The molecular formula is C23H23N7O3. The molecule has 0 radical (unpaired) electrons. The Morgan fingerprint density at radius 3 is 2.58 bits per heavy atom. The maximum atomic E-state index is 9.98. The number of hydrogen-bond acceptors (Lipinski definition) is 10. The minimum atomic E-state index is 0.129. The largest absolute Gasteiger partial charge is 0.507 e. The van der Waals surface area contributed by atoms with E-state index in [0.717, 1.165) is 22.8 Å². The lowest BCUT2D eigenvalue weighted by Crippen LogP contribution is -2.09. The van der Waals surface area contributed by atoms with Crippen LogP contribution in [0.2, 0.25) is 0 Å². The lowest BCUT2D eigenvalue weighted by molar-refractivity contribution is 0.415. The fourth-order valence-corrected chi connectivity index (χ4v) is 2.88. The third-order valence-corrected chi connectivity index (χ3v) is 4.53. The molecule has 0 unspecified atom stereocenters. The first kappa shape index (κ1) is 21.6. The van der Waals surface area contributed by atoms with Crippen molar-refractivity contribution < 1.29 is 14.3 Å². The maximum Gasteiger partial charge on any atom is 0.250 e. The second-order valence-corrected chi connectivity index (χ2v) is 7.02. The Hall–Kier alpha value is -4.60. The van der Waals surface area contributed by atoms with E-state index in [0.29, 0.717) is 24.0 Å². The molecule has 2 heterocycles. The van der Waals surface area contributed by atoms with Crippen LogP contribution in [0.3, 0.4) is 0 Å². The molecule has 0 saturated heterocycles. The normalized spacial score (nSPS) is 10.8. The Morgan fingerprint density at radius 2 is 1.82 bits per heavy atom. The summed E-state index contributed by atoms with van der Waals surface area (Å²) in [5.74, 6) is 2.47. The molecule has 0 aliphatic heterocycles. The van der Waals surface area contributed by atoms with Crippen LogP contribution in [0.4, 0.5) is 23.5 Å². The number of phenolic OH excluding ortho intramolecular Hbond substituents is 1. The van der Waals surface area contributed by atoms with E-state index in [-0.39, 0.29) is 11.7 Å². The van der Waals surface area contributed by atoms with Crippen LogP contribution >= 0.6 is 0 Å². The lowest BCUT2D eigenvalue weighted by atomic mass is 10.1. The van der Waals surface area contributed by atoms with Gasteiger partial charge in [0.05, 0.1) is 26.1 Å². The van der Waals surface area contributed by atoms with Gasteiger partial charge in [-0.3, -0.25) is 0 Å². The molecule has 10 heteroatoms. The van der Waals surface area contributed by atoms with E-state index < -0.39 is 0 Å². The molecule has 0 saturated carbocycles. The second kappa shape index (κ2) is 10.1. The van der Waals surface area contributed by atoms with Crippen LogP contribution in [-0.4, -0.2) is 33.4 Å². The van der Waals surface area contributed by atoms with E-state index in [1.807, 2.05) is 55.5 Å². The Bertz CT molecular complexity index is 1230. The van der Waals surface area contributed by atoms with Crippen LogP contribution in [0.25, 0.3) is 0 Å². The molecule has 0 aliphatic rings. The summed E-state index contributed by atoms with van der Waals surface area (Å²) in [7, 11) is 1.61. The average molecular weight is 445 g/mol. The van der Waals surface area contributed by atoms with Gasteiger partial charge in [-0.15, -0.1) is 0 Å². The van der Waals surface area contributed by atoms with Gasteiger partial charge in [0.25, 0.3) is 0 Å². The standard InChI is InChI=1S/C23H23N7O3/c1-15-5-10-20(31)16(12-15)13-25-30-23-28-21(24-14-19-4-3-11-33-19)27-22(29-23)26-17-6-8-18(32-2)9-7-17/h3-13,31H,14H2,1-2H3,(H3,24,26,27,28,29,30)/b25-13+. The minimum Gasteiger partial charge on any atom is -0.507 e. The summed E-state index contributed by atoms with van der Waals surface area (Å²) >= 11 is 0. The monoisotopic (exact) mass is 445 g/mol. The fourth-order valence-electron chi connectivity index (χ4n) is 2.88. The number of hydrogen-bond donors (Lipinski definition) is 4. The highest BCUT2D eigenvalue weighted by atomic mass is 16.5. The van der Waals surface area contributed by atoms with Gasteiger partial charge >= 0.3 is 0 Å². The van der Waals surface area contributed by atoms with Gasteiger partial charge in [-0.1, -0.05) is 11.6 Å². The summed E-state index contributed by atoms with van der Waals surface area (Å²) in [6, 6.07) is 16.3. The molecule has 0 spiro atoms. The molecule has 2 aromatic carbocycles. The number of rotatable bonds is 9. The second-order valence-electron chi connectivity index (χ2n) is 7.02. The Balaban J connectivity index is 1.54. The van der Waals surface area contributed by atoms with Crippen LogP contribution in [0.15, 0.2) is 70.4 Å². The number of hydrazone groups is 1. The third kappa shape index (κ3) is 5.97. The highest BCUT2D eigenvalue weighted by molar-refractivity contribution is 5.84. The Kier molecular flexibility index (Phi) is 6.64. The summed E-state index contributed by atoms with van der Waals surface area (Å²) in [5.41, 5.74) is 5.14. The van der Waals surface area contributed by atoms with Crippen molar-refractivity contribution in [2.75, 3.05) is 23.2 Å². The van der Waals surface area contributed by atoms with E-state index in [1.54, 1.807) is 19.4 Å². The molecule has 10 nitrogen and oxygen atoms in total. The zero-order valence-corrected chi connectivity index (χ0v) is 18.1. The average Bonchev–Trinajstić information content (AvgIpc) is 3.34. The van der Waals surface area contributed by atoms with Crippen molar-refractivity contribution in [3.8, 4) is 11.5 Å². The number of nitrogens with zero attached hydrogens (tertiary/aromatic N) is 4. The van der Waals surface area contributed by atoms with E-state index in [9.17, 15) is 5.11 Å². The molecule has 0 aliphatic carbocycles. The smallest absolute Gasteiger partial charge is 0.250 e. The molecule has 4 rings (SSSR count). The number of aryl methyl sites for hydroxylation is 1. The quantitative estimate of drug-likeness (QED) is 0.220. The van der Waals surface area contributed by atoms with Crippen LogP contribution < -0.4 is 20.8 Å². The van der Waals surface area contributed by atoms with Crippen LogP contribution in [0, 0.1) is 6.92 Å². The van der Waals surface area contributed by atoms with Crippen molar-refractivity contribution >= 4 is 29.7 Å². The van der Waals surface area contributed by atoms with Gasteiger partial charge in [0.2, 0.25) is 17.8 Å². The highest BCUT2D eigenvalue weighted by Crippen LogP contribution is 2.20. The van der Waals surface area contributed by atoms with Crippen LogP contribution in [0.5, 0.6) is 11.5 Å². The first-order valence-corrected chi connectivity index (χ1v) is 10.1. The van der Waals surface area contributed by atoms with Crippen molar-refractivity contribution in [3.63, 3.8) is 0 Å². The summed E-state index contributed by atoms with van der Waals surface area (Å²) in [6.45, 7) is 2.34. The molecule has 0 bridgehead atoms. The number of furan rings is 1. The molecule has 0 amide bonds. The van der Waals surface area contributed by atoms with E-state index in [1.165, 1.54) is 6.21 Å². The number of methoxy groups -OCH3 is 1. The fraction of sp³-hybridized carbons (Fsp3) is 0.130. The number of aromatic nitrogens is 3. The summed E-state index contributed by atoms with van der Waals surface area (Å²) in [5, 5.41) is 20.4. The van der Waals surface area contributed by atoms with Crippen molar-refractivity contribution in [1.82, 2.24) is 15.0 Å². The predicted molar refractivity (Wildman–Crippen MR) is 126 cm³/mol. The Morgan fingerprint density at radius 1 is 1.03 bits per heavy atom. The van der Waals surface area contributed by atoms with Crippen molar-refractivity contribution in [2.45, 2.75) is 13.5 Å². The molecule has 168 valence electrons. The van der Waals surface area contributed by atoms with Gasteiger partial charge < -0.3 is 24.9 Å². The predicted octanol–water partition coefficient (Wildman–Crippen LogP) is 4.29. The molecule has 4 aromatic rings. The molecule has 4 N–H and O–H groups in total. The lowest BCUT2D eigenvalue weighted by Gasteiger charge is -2.10. The van der Waals surface area contributed by atoms with E-state index >= 15 is 0 Å². The maximum absolute atomic E-state index is 9.98. The number of aromatic hydroxyl groups is 1. The number of anilines is 4. The van der Waals surface area contributed by atoms with E-state index in [4.69, 9.17) is 9.15 Å². The Labute approximate surface area is 190 Å². The van der Waals surface area contributed by atoms with Crippen molar-refractivity contribution in [2.24, 2.45) is 5.10 Å². The SMILES string of the molecule is COc1ccc(Nc2nc(NCc3ccco3)nc(N/N=C/c3cc(C)ccc3O)n2)cc1. The first-order valence-electron chi connectivity index (χ1n) is 10.1. The number of benzene rings is 2. The third-order valence-electron chi connectivity index (χ3n) is 4.53. The summed E-state index contributed by atoms with van der Waals surface area (Å²) in [4.78, 5) is 13.1.